The molecule has 1 aromatic rings. The number of carbonyl (C=O) groups is 1. The second-order valence-electron chi connectivity index (χ2n) is 4.01. The van der Waals surface area contributed by atoms with Crippen molar-refractivity contribution in [2.45, 2.75) is 6.92 Å². The molecule has 1 atom stereocenters. The molecular weight excluding hydrogens is 298 g/mol. The molecule has 0 saturated heterocycles. The van der Waals surface area contributed by atoms with E-state index < -0.39 is 0 Å². The number of nitrogens with one attached hydrogen (secondary N) is 1. The minimum atomic E-state index is -0.183. The normalized spacial score (nSPS) is 11.8. The van der Waals surface area contributed by atoms with Crippen LogP contribution in [0.5, 0.6) is 11.5 Å². The topological polar surface area (TPSA) is 47.6 Å². The number of benzene rings is 1. The zero-order chi connectivity index (χ0) is 13.5. The molecule has 1 N–H and O–H groups in total. The molecule has 100 valence electrons. The fourth-order valence-electron chi connectivity index (χ4n) is 1.48. The summed E-state index contributed by atoms with van der Waals surface area (Å²) in [6.45, 7) is 2.65. The van der Waals surface area contributed by atoms with Crippen LogP contribution in [0.1, 0.15) is 17.3 Å². The molecule has 0 radical (unpaired) electrons. The molecule has 0 aliphatic heterocycles. The van der Waals surface area contributed by atoms with Crippen LogP contribution in [0, 0.1) is 5.92 Å². The van der Waals surface area contributed by atoms with E-state index >= 15 is 0 Å². The Morgan fingerprint density at radius 3 is 2.33 bits per heavy atom. The Balaban J connectivity index is 2.89. The van der Waals surface area contributed by atoms with E-state index in [1.807, 2.05) is 0 Å². The Labute approximate surface area is 116 Å². The number of ether oxygens (including phenoxy) is 2. The van der Waals surface area contributed by atoms with E-state index in [-0.39, 0.29) is 5.91 Å². The average molecular weight is 316 g/mol. The largest absolute Gasteiger partial charge is 0.496 e. The number of amides is 1. The standard InChI is InChI=1S/C13H18BrNO3/c1-9(7-14)8-15-13(16)12-10(17-2)5-4-6-11(12)18-3/h4-6,9H,7-8H2,1-3H3,(H,15,16). The fraction of sp³-hybridized carbons (Fsp3) is 0.462. The fourth-order valence-corrected chi connectivity index (χ4v) is 1.71. The first-order chi connectivity index (χ1) is 8.63. The van der Waals surface area contributed by atoms with Gasteiger partial charge in [0.2, 0.25) is 0 Å². The number of methoxy groups -OCH3 is 2. The first kappa shape index (κ1) is 14.8. The summed E-state index contributed by atoms with van der Waals surface area (Å²) in [7, 11) is 3.07. The van der Waals surface area contributed by atoms with Crippen LogP contribution >= 0.6 is 15.9 Å². The van der Waals surface area contributed by atoms with Crippen molar-refractivity contribution < 1.29 is 14.3 Å². The van der Waals surface area contributed by atoms with E-state index in [2.05, 4.69) is 28.2 Å². The van der Waals surface area contributed by atoms with Crippen molar-refractivity contribution in [2.75, 3.05) is 26.1 Å². The van der Waals surface area contributed by atoms with Gasteiger partial charge in [0.15, 0.2) is 0 Å². The molecule has 18 heavy (non-hydrogen) atoms. The predicted molar refractivity (Wildman–Crippen MR) is 74.8 cm³/mol. The molecule has 0 spiro atoms. The van der Waals surface area contributed by atoms with Crippen molar-refractivity contribution in [2.24, 2.45) is 5.92 Å². The van der Waals surface area contributed by atoms with E-state index in [9.17, 15) is 4.79 Å². The molecule has 0 fully saturated rings. The minimum Gasteiger partial charge on any atom is -0.496 e. The maximum absolute atomic E-state index is 12.1. The van der Waals surface area contributed by atoms with Gasteiger partial charge >= 0.3 is 0 Å². The van der Waals surface area contributed by atoms with Gasteiger partial charge in [-0.15, -0.1) is 0 Å². The Morgan fingerprint density at radius 2 is 1.89 bits per heavy atom. The summed E-state index contributed by atoms with van der Waals surface area (Å²) in [5, 5.41) is 3.71. The second-order valence-corrected chi connectivity index (χ2v) is 4.65. The molecule has 0 aliphatic rings. The molecular formula is C13H18BrNO3. The summed E-state index contributed by atoms with van der Waals surface area (Å²) in [4.78, 5) is 12.1. The highest BCUT2D eigenvalue weighted by Crippen LogP contribution is 2.27. The number of hydrogen-bond donors (Lipinski definition) is 1. The minimum absolute atomic E-state index is 0.183. The quantitative estimate of drug-likeness (QED) is 0.820. The molecule has 0 heterocycles. The molecule has 4 nitrogen and oxygen atoms in total. The maximum Gasteiger partial charge on any atom is 0.258 e. The molecule has 0 aromatic heterocycles. The summed E-state index contributed by atoms with van der Waals surface area (Å²) in [6, 6.07) is 5.27. The van der Waals surface area contributed by atoms with Gasteiger partial charge in [-0.3, -0.25) is 4.79 Å². The van der Waals surface area contributed by atoms with E-state index in [0.29, 0.717) is 29.5 Å². The van der Waals surface area contributed by atoms with E-state index in [1.54, 1.807) is 18.2 Å². The van der Waals surface area contributed by atoms with E-state index in [1.165, 1.54) is 14.2 Å². The third kappa shape index (κ3) is 3.63. The molecule has 0 aliphatic carbocycles. The van der Waals surface area contributed by atoms with Gasteiger partial charge in [-0.2, -0.15) is 0 Å². The van der Waals surface area contributed by atoms with Gasteiger partial charge in [-0.1, -0.05) is 28.9 Å². The van der Waals surface area contributed by atoms with Gasteiger partial charge in [0.05, 0.1) is 14.2 Å². The first-order valence-corrected chi connectivity index (χ1v) is 6.81. The Hall–Kier alpha value is -1.23. The van der Waals surface area contributed by atoms with Crippen molar-refractivity contribution in [3.8, 4) is 11.5 Å². The van der Waals surface area contributed by atoms with Gasteiger partial charge in [0.25, 0.3) is 5.91 Å². The Morgan fingerprint density at radius 1 is 1.33 bits per heavy atom. The second kappa shape index (κ2) is 7.26. The lowest BCUT2D eigenvalue weighted by Crippen LogP contribution is -2.29. The smallest absolute Gasteiger partial charge is 0.258 e. The van der Waals surface area contributed by atoms with Crippen LogP contribution in [0.4, 0.5) is 0 Å². The van der Waals surface area contributed by atoms with Gasteiger partial charge in [0.1, 0.15) is 17.1 Å². The van der Waals surface area contributed by atoms with Gasteiger partial charge in [-0.25, -0.2) is 0 Å². The number of halogens is 1. The summed E-state index contributed by atoms with van der Waals surface area (Å²) < 4.78 is 10.4. The van der Waals surface area contributed by atoms with E-state index in [4.69, 9.17) is 9.47 Å². The van der Waals surface area contributed by atoms with Crippen LogP contribution in [0.2, 0.25) is 0 Å². The zero-order valence-electron chi connectivity index (χ0n) is 10.8. The van der Waals surface area contributed by atoms with Crippen molar-refractivity contribution in [1.82, 2.24) is 5.32 Å². The number of rotatable bonds is 6. The van der Waals surface area contributed by atoms with Crippen molar-refractivity contribution >= 4 is 21.8 Å². The third-order valence-corrected chi connectivity index (χ3v) is 3.63. The highest BCUT2D eigenvalue weighted by Gasteiger charge is 2.18. The van der Waals surface area contributed by atoms with Crippen LogP contribution < -0.4 is 14.8 Å². The van der Waals surface area contributed by atoms with Crippen LogP contribution in [-0.2, 0) is 0 Å². The Bertz CT molecular complexity index is 387. The first-order valence-electron chi connectivity index (χ1n) is 5.69. The molecule has 1 amide bonds. The lowest BCUT2D eigenvalue weighted by Gasteiger charge is -2.14. The number of alkyl halides is 1. The summed E-state index contributed by atoms with van der Waals surface area (Å²) in [6.07, 6.45) is 0. The predicted octanol–water partition coefficient (Wildman–Crippen LogP) is 2.46. The van der Waals surface area contributed by atoms with E-state index in [0.717, 1.165) is 5.33 Å². The number of carbonyl (C=O) groups excluding carboxylic acids is 1. The van der Waals surface area contributed by atoms with Crippen molar-refractivity contribution in [1.29, 1.82) is 0 Å². The van der Waals surface area contributed by atoms with Crippen LogP contribution in [-0.4, -0.2) is 32.0 Å². The van der Waals surface area contributed by atoms with Gasteiger partial charge < -0.3 is 14.8 Å². The van der Waals surface area contributed by atoms with Crippen LogP contribution in [0.3, 0.4) is 0 Å². The maximum atomic E-state index is 12.1. The van der Waals surface area contributed by atoms with Gasteiger partial charge in [0, 0.05) is 11.9 Å². The lowest BCUT2D eigenvalue weighted by molar-refractivity contribution is 0.0943. The third-order valence-electron chi connectivity index (χ3n) is 2.53. The monoisotopic (exact) mass is 315 g/mol. The molecule has 0 saturated carbocycles. The van der Waals surface area contributed by atoms with Crippen LogP contribution in [0.25, 0.3) is 0 Å². The summed E-state index contributed by atoms with van der Waals surface area (Å²) in [5.41, 5.74) is 0.435. The molecule has 1 unspecified atom stereocenters. The van der Waals surface area contributed by atoms with Crippen molar-refractivity contribution in [3.05, 3.63) is 23.8 Å². The zero-order valence-corrected chi connectivity index (χ0v) is 12.4. The Kier molecular flexibility index (Phi) is 5.98. The van der Waals surface area contributed by atoms with Crippen LogP contribution in [0.15, 0.2) is 18.2 Å². The highest BCUT2D eigenvalue weighted by molar-refractivity contribution is 9.09. The molecule has 1 aromatic carbocycles. The molecule has 1 rings (SSSR count). The summed E-state index contributed by atoms with van der Waals surface area (Å²) >= 11 is 3.38. The number of hydrogen-bond acceptors (Lipinski definition) is 3. The molecule has 5 heteroatoms. The molecule has 0 bridgehead atoms. The van der Waals surface area contributed by atoms with Gasteiger partial charge in [-0.05, 0) is 18.1 Å². The summed E-state index contributed by atoms with van der Waals surface area (Å²) in [5.74, 6) is 1.21. The average Bonchev–Trinajstić information content (AvgIpc) is 2.43. The lowest BCUT2D eigenvalue weighted by atomic mass is 10.1. The SMILES string of the molecule is COc1cccc(OC)c1C(=O)NCC(C)CBr. The highest BCUT2D eigenvalue weighted by atomic mass is 79.9. The van der Waals surface area contributed by atoms with Crippen molar-refractivity contribution in [3.63, 3.8) is 0 Å².